The van der Waals surface area contributed by atoms with Gasteiger partial charge in [-0.15, -0.1) is 12.4 Å². The lowest BCUT2D eigenvalue weighted by molar-refractivity contribution is -0.00497. The van der Waals surface area contributed by atoms with Crippen LogP contribution in [0.4, 0.5) is 4.79 Å². The third-order valence-corrected chi connectivity index (χ3v) is 3.57. The van der Waals surface area contributed by atoms with Gasteiger partial charge in [-0.1, -0.05) is 0 Å². The molecule has 2 heterocycles. The van der Waals surface area contributed by atoms with Gasteiger partial charge in [0.15, 0.2) is 0 Å². The summed E-state index contributed by atoms with van der Waals surface area (Å²) in [5, 5.41) is 3.41. The van der Waals surface area contributed by atoms with E-state index in [1.54, 1.807) is 0 Å². The Morgan fingerprint density at radius 3 is 2.72 bits per heavy atom. The van der Waals surface area contributed by atoms with Crippen molar-refractivity contribution in [1.82, 2.24) is 10.2 Å². The second-order valence-electron chi connectivity index (χ2n) is 6.14. The number of carbonyl (C=O) groups excluding carboxylic acids is 1. The molecule has 0 spiro atoms. The molecule has 2 atom stereocenters. The van der Waals surface area contributed by atoms with Crippen LogP contribution >= 0.6 is 12.4 Å². The molecule has 106 valence electrons. The first-order chi connectivity index (χ1) is 7.97. The highest BCUT2D eigenvalue weighted by Gasteiger charge is 2.37. The highest BCUT2D eigenvalue weighted by Crippen LogP contribution is 2.28. The van der Waals surface area contributed by atoms with Gasteiger partial charge in [0.1, 0.15) is 5.60 Å². The first kappa shape index (κ1) is 15.6. The zero-order valence-electron chi connectivity index (χ0n) is 11.6. The second kappa shape index (κ2) is 6.11. The molecule has 0 unspecified atom stereocenters. The summed E-state index contributed by atoms with van der Waals surface area (Å²) in [4.78, 5) is 14.1. The number of nitrogens with one attached hydrogen (secondary N) is 1. The number of likely N-dealkylation sites (tertiary alicyclic amines) is 1. The van der Waals surface area contributed by atoms with E-state index < -0.39 is 5.60 Å². The van der Waals surface area contributed by atoms with Gasteiger partial charge in [0.25, 0.3) is 0 Å². The highest BCUT2D eigenvalue weighted by atomic mass is 35.5. The maximum absolute atomic E-state index is 12.2. The Kier molecular flexibility index (Phi) is 5.29. The number of rotatable bonds is 0. The van der Waals surface area contributed by atoms with Gasteiger partial charge in [-0.05, 0) is 59.0 Å². The maximum atomic E-state index is 12.2. The van der Waals surface area contributed by atoms with Gasteiger partial charge in [0.2, 0.25) is 0 Å². The zero-order valence-corrected chi connectivity index (χ0v) is 12.4. The smallest absolute Gasteiger partial charge is 0.410 e. The SMILES string of the molecule is CC(C)(C)OC(=O)N1CCC[C@H]2CNCC[C@@H]21.Cl. The van der Waals surface area contributed by atoms with Crippen LogP contribution in [0.2, 0.25) is 0 Å². The van der Waals surface area contributed by atoms with Crippen molar-refractivity contribution in [2.75, 3.05) is 19.6 Å². The Morgan fingerprint density at radius 2 is 2.06 bits per heavy atom. The van der Waals surface area contributed by atoms with Crippen molar-refractivity contribution < 1.29 is 9.53 Å². The van der Waals surface area contributed by atoms with Crippen LogP contribution in [0.1, 0.15) is 40.0 Å². The van der Waals surface area contributed by atoms with Crippen molar-refractivity contribution in [2.24, 2.45) is 5.92 Å². The van der Waals surface area contributed by atoms with Crippen molar-refractivity contribution in [3.05, 3.63) is 0 Å². The molecule has 4 nitrogen and oxygen atoms in total. The summed E-state index contributed by atoms with van der Waals surface area (Å²) in [7, 11) is 0. The van der Waals surface area contributed by atoms with Crippen LogP contribution in [0.5, 0.6) is 0 Å². The molecule has 5 heteroatoms. The number of nitrogens with zero attached hydrogens (tertiary/aromatic N) is 1. The van der Waals surface area contributed by atoms with Crippen LogP contribution in [0.3, 0.4) is 0 Å². The van der Waals surface area contributed by atoms with Gasteiger partial charge in [0, 0.05) is 12.6 Å². The predicted molar refractivity (Wildman–Crippen MR) is 74.2 cm³/mol. The molecule has 0 bridgehead atoms. The second-order valence-corrected chi connectivity index (χ2v) is 6.14. The third-order valence-electron chi connectivity index (χ3n) is 3.57. The minimum atomic E-state index is -0.392. The molecule has 2 rings (SSSR count). The van der Waals surface area contributed by atoms with Crippen LogP contribution < -0.4 is 5.32 Å². The van der Waals surface area contributed by atoms with E-state index in [4.69, 9.17) is 4.74 Å². The molecule has 2 aliphatic rings. The van der Waals surface area contributed by atoms with Crippen LogP contribution in [0.25, 0.3) is 0 Å². The molecule has 0 aromatic carbocycles. The summed E-state index contributed by atoms with van der Waals surface area (Å²) in [6.45, 7) is 8.69. The van der Waals surface area contributed by atoms with Gasteiger partial charge in [0.05, 0.1) is 0 Å². The van der Waals surface area contributed by atoms with E-state index in [2.05, 4.69) is 5.32 Å². The van der Waals surface area contributed by atoms with Gasteiger partial charge in [-0.2, -0.15) is 0 Å². The van der Waals surface area contributed by atoms with Crippen molar-refractivity contribution in [3.8, 4) is 0 Å². The first-order valence-electron chi connectivity index (χ1n) is 6.68. The minimum absolute atomic E-state index is 0. The molecule has 0 aromatic heterocycles. The number of hydrogen-bond donors (Lipinski definition) is 1. The summed E-state index contributed by atoms with van der Waals surface area (Å²) in [6, 6.07) is 0.389. The fourth-order valence-electron chi connectivity index (χ4n) is 2.85. The molecule has 18 heavy (non-hydrogen) atoms. The summed E-state index contributed by atoms with van der Waals surface area (Å²) in [5.41, 5.74) is -0.392. The summed E-state index contributed by atoms with van der Waals surface area (Å²) in [5.74, 6) is 0.616. The average molecular weight is 277 g/mol. The Bertz CT molecular complexity index is 289. The summed E-state index contributed by atoms with van der Waals surface area (Å²) >= 11 is 0. The topological polar surface area (TPSA) is 41.6 Å². The minimum Gasteiger partial charge on any atom is -0.444 e. The number of hydrogen-bond acceptors (Lipinski definition) is 3. The quantitative estimate of drug-likeness (QED) is 0.739. The van der Waals surface area contributed by atoms with E-state index in [1.165, 1.54) is 6.42 Å². The average Bonchev–Trinajstić information content (AvgIpc) is 2.26. The molecule has 2 fully saturated rings. The summed E-state index contributed by atoms with van der Waals surface area (Å²) < 4.78 is 5.49. The molecule has 0 aliphatic carbocycles. The number of piperidine rings is 2. The first-order valence-corrected chi connectivity index (χ1v) is 6.68. The number of halogens is 1. The summed E-state index contributed by atoms with van der Waals surface area (Å²) in [6.07, 6.45) is 3.26. The van der Waals surface area contributed by atoms with Gasteiger partial charge in [-0.3, -0.25) is 0 Å². The maximum Gasteiger partial charge on any atom is 0.410 e. The number of fused-ring (bicyclic) bond motifs is 1. The van der Waals surface area contributed by atoms with Crippen LogP contribution in [-0.4, -0.2) is 42.3 Å². The molecule has 0 radical (unpaired) electrons. The number of ether oxygens (including phenoxy) is 1. The van der Waals surface area contributed by atoms with E-state index in [0.717, 1.165) is 32.5 Å². The Hall–Kier alpha value is -0.480. The zero-order chi connectivity index (χ0) is 12.5. The molecule has 2 aliphatic heterocycles. The Labute approximate surface area is 116 Å². The fraction of sp³-hybridized carbons (Fsp3) is 0.923. The lowest BCUT2D eigenvalue weighted by atomic mass is 9.85. The standard InChI is InChI=1S/C13H24N2O2.ClH/c1-13(2,3)17-12(16)15-8-4-5-10-9-14-7-6-11(10)15;/h10-11,14H,4-9H2,1-3H3;1H/t10-,11-;/m0./s1. The fourth-order valence-corrected chi connectivity index (χ4v) is 2.85. The van der Waals surface area contributed by atoms with E-state index in [-0.39, 0.29) is 18.5 Å². The molecule has 1 amide bonds. The molecular formula is C13H25ClN2O2. The van der Waals surface area contributed by atoms with Crippen LogP contribution in [-0.2, 0) is 4.74 Å². The van der Waals surface area contributed by atoms with Gasteiger partial charge in [-0.25, -0.2) is 4.79 Å². The largest absolute Gasteiger partial charge is 0.444 e. The van der Waals surface area contributed by atoms with E-state index in [1.807, 2.05) is 25.7 Å². The van der Waals surface area contributed by atoms with Crippen molar-refractivity contribution >= 4 is 18.5 Å². The van der Waals surface area contributed by atoms with Crippen LogP contribution in [0, 0.1) is 5.92 Å². The highest BCUT2D eigenvalue weighted by molar-refractivity contribution is 5.85. The molecule has 0 saturated carbocycles. The Balaban J connectivity index is 0.00000162. The number of amides is 1. The van der Waals surface area contributed by atoms with E-state index >= 15 is 0 Å². The van der Waals surface area contributed by atoms with Crippen molar-refractivity contribution in [1.29, 1.82) is 0 Å². The van der Waals surface area contributed by atoms with Crippen LogP contribution in [0.15, 0.2) is 0 Å². The molecule has 2 saturated heterocycles. The lowest BCUT2D eigenvalue weighted by Crippen LogP contribution is -2.55. The predicted octanol–water partition coefficient (Wildman–Crippen LogP) is 2.42. The molecule has 1 N–H and O–H groups in total. The van der Waals surface area contributed by atoms with E-state index in [9.17, 15) is 4.79 Å². The van der Waals surface area contributed by atoms with Crippen molar-refractivity contribution in [3.63, 3.8) is 0 Å². The number of carbonyl (C=O) groups is 1. The Morgan fingerprint density at radius 1 is 1.33 bits per heavy atom. The van der Waals surface area contributed by atoms with Gasteiger partial charge >= 0.3 is 6.09 Å². The van der Waals surface area contributed by atoms with Crippen molar-refractivity contribution in [2.45, 2.75) is 51.7 Å². The molecule has 0 aromatic rings. The third kappa shape index (κ3) is 3.75. The van der Waals surface area contributed by atoms with E-state index in [0.29, 0.717) is 12.0 Å². The van der Waals surface area contributed by atoms with Gasteiger partial charge < -0.3 is 15.0 Å². The lowest BCUT2D eigenvalue weighted by Gasteiger charge is -2.44. The normalized spacial score (nSPS) is 28.1. The molecular weight excluding hydrogens is 252 g/mol. The monoisotopic (exact) mass is 276 g/mol.